The minimum absolute atomic E-state index is 0.134. The number of likely N-dealkylation sites (N-methyl/N-ethyl adjacent to an activating group) is 1. The Labute approximate surface area is 151 Å². The Morgan fingerprint density at radius 3 is 2.62 bits per heavy atom. The Morgan fingerprint density at radius 1 is 1.25 bits per heavy atom. The van der Waals surface area contributed by atoms with Crippen molar-refractivity contribution in [3.05, 3.63) is 69.5 Å². The first-order valence-electron chi connectivity index (χ1n) is 7.53. The van der Waals surface area contributed by atoms with Crippen LogP contribution in [0.5, 0.6) is 0 Å². The number of nitrogens with zero attached hydrogens (tertiary/aromatic N) is 1. The van der Waals surface area contributed by atoms with Crippen molar-refractivity contribution in [2.24, 2.45) is 0 Å². The fraction of sp³-hybridized carbons (Fsp3) is 0.278. The van der Waals surface area contributed by atoms with Crippen molar-refractivity contribution < 1.29 is 9.18 Å². The molecule has 0 bridgehead atoms. The summed E-state index contributed by atoms with van der Waals surface area (Å²) in [6, 6.07) is 11.7. The molecule has 128 valence electrons. The van der Waals surface area contributed by atoms with Crippen LogP contribution in [0.3, 0.4) is 0 Å². The van der Waals surface area contributed by atoms with E-state index in [2.05, 4.69) is 5.32 Å². The van der Waals surface area contributed by atoms with Gasteiger partial charge in [0, 0.05) is 22.2 Å². The Hall–Kier alpha value is -1.62. The van der Waals surface area contributed by atoms with Crippen LogP contribution in [-0.4, -0.2) is 24.4 Å². The molecule has 1 atom stereocenters. The third kappa shape index (κ3) is 5.20. The van der Waals surface area contributed by atoms with Gasteiger partial charge in [-0.25, -0.2) is 4.39 Å². The van der Waals surface area contributed by atoms with E-state index in [1.54, 1.807) is 30.1 Å². The van der Waals surface area contributed by atoms with Crippen molar-refractivity contribution in [3.63, 3.8) is 0 Å². The molecule has 2 aromatic carbocycles. The number of rotatable bonds is 6. The molecule has 1 unspecified atom stereocenters. The van der Waals surface area contributed by atoms with Gasteiger partial charge in [-0.15, -0.1) is 0 Å². The Morgan fingerprint density at radius 2 is 1.96 bits per heavy atom. The molecule has 0 saturated heterocycles. The summed E-state index contributed by atoms with van der Waals surface area (Å²) < 4.78 is 13.8. The molecule has 0 heterocycles. The quantitative estimate of drug-likeness (QED) is 0.817. The largest absolute Gasteiger partial charge is 0.348 e. The third-order valence-corrected chi connectivity index (χ3v) is 4.22. The van der Waals surface area contributed by atoms with Gasteiger partial charge >= 0.3 is 0 Å². The van der Waals surface area contributed by atoms with Crippen molar-refractivity contribution >= 4 is 29.1 Å². The van der Waals surface area contributed by atoms with Crippen molar-refractivity contribution in [1.29, 1.82) is 0 Å². The fourth-order valence-electron chi connectivity index (χ4n) is 2.40. The maximum absolute atomic E-state index is 13.8. The lowest BCUT2D eigenvalue weighted by molar-refractivity contribution is -0.122. The maximum atomic E-state index is 13.8. The minimum Gasteiger partial charge on any atom is -0.348 e. The van der Waals surface area contributed by atoms with E-state index in [1.165, 1.54) is 6.07 Å². The third-order valence-electron chi connectivity index (χ3n) is 3.63. The minimum atomic E-state index is -0.373. The normalized spacial score (nSPS) is 12.2. The molecule has 0 saturated carbocycles. The highest BCUT2D eigenvalue weighted by molar-refractivity contribution is 6.31. The van der Waals surface area contributed by atoms with Crippen LogP contribution in [0.1, 0.15) is 24.1 Å². The monoisotopic (exact) mass is 368 g/mol. The molecule has 0 radical (unpaired) electrons. The Kier molecular flexibility index (Phi) is 6.60. The molecule has 0 spiro atoms. The molecule has 0 fully saturated rings. The zero-order valence-electron chi connectivity index (χ0n) is 13.5. The van der Waals surface area contributed by atoms with Crippen molar-refractivity contribution in [1.82, 2.24) is 10.2 Å². The van der Waals surface area contributed by atoms with Crippen LogP contribution >= 0.6 is 23.2 Å². The van der Waals surface area contributed by atoms with Crippen LogP contribution in [0.25, 0.3) is 0 Å². The maximum Gasteiger partial charge on any atom is 0.234 e. The molecule has 2 rings (SSSR count). The predicted molar refractivity (Wildman–Crippen MR) is 95.8 cm³/mol. The summed E-state index contributed by atoms with van der Waals surface area (Å²) >= 11 is 12.0. The van der Waals surface area contributed by atoms with Crippen LogP contribution < -0.4 is 5.32 Å². The molecule has 1 N–H and O–H groups in total. The van der Waals surface area contributed by atoms with Crippen LogP contribution in [0.15, 0.2) is 42.5 Å². The second-order valence-corrected chi connectivity index (χ2v) is 6.56. The molecule has 0 aliphatic heterocycles. The summed E-state index contributed by atoms with van der Waals surface area (Å²) in [5.41, 5.74) is 1.31. The highest BCUT2D eigenvalue weighted by Gasteiger charge is 2.14. The van der Waals surface area contributed by atoms with E-state index in [1.807, 2.05) is 25.1 Å². The van der Waals surface area contributed by atoms with Gasteiger partial charge in [-0.05, 0) is 43.8 Å². The summed E-state index contributed by atoms with van der Waals surface area (Å²) in [7, 11) is 1.74. The van der Waals surface area contributed by atoms with E-state index in [0.29, 0.717) is 15.6 Å². The molecular weight excluding hydrogens is 350 g/mol. The predicted octanol–water partition coefficient (Wildman–Crippen LogP) is 4.44. The number of hydrogen-bond acceptors (Lipinski definition) is 2. The SMILES string of the molecule is CC(NC(=O)CN(C)Cc1c(F)cccc1Cl)c1cccc(Cl)c1. The fourth-order valence-corrected chi connectivity index (χ4v) is 2.82. The Balaban J connectivity index is 1.92. The van der Waals surface area contributed by atoms with Gasteiger partial charge in [-0.2, -0.15) is 0 Å². The van der Waals surface area contributed by atoms with Gasteiger partial charge in [0.15, 0.2) is 0 Å². The highest BCUT2D eigenvalue weighted by atomic mass is 35.5. The Bertz CT molecular complexity index is 704. The second kappa shape index (κ2) is 8.47. The molecule has 1 amide bonds. The number of carbonyl (C=O) groups excluding carboxylic acids is 1. The highest BCUT2D eigenvalue weighted by Crippen LogP contribution is 2.20. The van der Waals surface area contributed by atoms with Gasteiger partial charge in [-0.3, -0.25) is 9.69 Å². The number of amides is 1. The first-order valence-corrected chi connectivity index (χ1v) is 8.28. The summed E-state index contributed by atoms with van der Waals surface area (Å²) in [4.78, 5) is 13.9. The van der Waals surface area contributed by atoms with Gasteiger partial charge in [0.25, 0.3) is 0 Å². The van der Waals surface area contributed by atoms with Crippen LogP contribution in [0.2, 0.25) is 10.0 Å². The van der Waals surface area contributed by atoms with Gasteiger partial charge in [0.05, 0.1) is 12.6 Å². The lowest BCUT2D eigenvalue weighted by Crippen LogP contribution is -2.36. The second-order valence-electron chi connectivity index (χ2n) is 5.72. The summed E-state index contributed by atoms with van der Waals surface area (Å²) in [6.07, 6.45) is 0. The lowest BCUT2D eigenvalue weighted by atomic mass is 10.1. The van der Waals surface area contributed by atoms with Gasteiger partial charge in [0.1, 0.15) is 5.82 Å². The molecule has 24 heavy (non-hydrogen) atoms. The number of halogens is 3. The van der Waals surface area contributed by atoms with Crippen LogP contribution in [-0.2, 0) is 11.3 Å². The van der Waals surface area contributed by atoms with E-state index >= 15 is 0 Å². The van der Waals surface area contributed by atoms with Crippen LogP contribution in [0.4, 0.5) is 4.39 Å². The molecular formula is C18H19Cl2FN2O. The first-order chi connectivity index (χ1) is 11.4. The van der Waals surface area contributed by atoms with Gasteiger partial charge in [0.2, 0.25) is 5.91 Å². The molecule has 2 aromatic rings. The summed E-state index contributed by atoms with van der Waals surface area (Å²) in [5, 5.41) is 3.88. The number of nitrogens with one attached hydrogen (secondary N) is 1. The van der Waals surface area contributed by atoms with Crippen molar-refractivity contribution in [3.8, 4) is 0 Å². The van der Waals surface area contributed by atoms with E-state index in [9.17, 15) is 9.18 Å². The van der Waals surface area contributed by atoms with Crippen molar-refractivity contribution in [2.45, 2.75) is 19.5 Å². The molecule has 0 aliphatic carbocycles. The van der Waals surface area contributed by atoms with E-state index in [0.717, 1.165) is 5.56 Å². The van der Waals surface area contributed by atoms with Crippen molar-refractivity contribution in [2.75, 3.05) is 13.6 Å². The van der Waals surface area contributed by atoms with E-state index < -0.39 is 0 Å². The number of hydrogen-bond donors (Lipinski definition) is 1. The van der Waals surface area contributed by atoms with Gasteiger partial charge in [-0.1, -0.05) is 41.4 Å². The zero-order valence-corrected chi connectivity index (χ0v) is 15.0. The standard InChI is InChI=1S/C18H19Cl2FN2O/c1-12(13-5-3-6-14(19)9-13)22-18(24)11-23(2)10-15-16(20)7-4-8-17(15)21/h3-9,12H,10-11H2,1-2H3,(H,22,24). The van der Waals surface area contributed by atoms with Gasteiger partial charge < -0.3 is 5.32 Å². The summed E-state index contributed by atoms with van der Waals surface area (Å²) in [5.74, 6) is -0.528. The molecule has 0 aliphatic rings. The lowest BCUT2D eigenvalue weighted by Gasteiger charge is -2.20. The molecule has 3 nitrogen and oxygen atoms in total. The number of carbonyl (C=O) groups is 1. The van der Waals surface area contributed by atoms with Crippen LogP contribution in [0, 0.1) is 5.82 Å². The average molecular weight is 369 g/mol. The van der Waals surface area contributed by atoms with E-state index in [4.69, 9.17) is 23.2 Å². The zero-order chi connectivity index (χ0) is 17.7. The smallest absolute Gasteiger partial charge is 0.234 e. The number of benzene rings is 2. The molecule has 0 aromatic heterocycles. The topological polar surface area (TPSA) is 32.3 Å². The summed E-state index contributed by atoms with van der Waals surface area (Å²) in [6.45, 7) is 2.28. The molecule has 6 heteroatoms. The first kappa shape index (κ1) is 18.7. The average Bonchev–Trinajstić information content (AvgIpc) is 2.51. The van der Waals surface area contributed by atoms with E-state index in [-0.39, 0.29) is 30.9 Å².